The van der Waals surface area contributed by atoms with E-state index in [1.165, 1.54) is 12.1 Å². The first-order valence-electron chi connectivity index (χ1n) is 4.50. The van der Waals surface area contributed by atoms with Gasteiger partial charge in [-0.05, 0) is 12.1 Å². The first kappa shape index (κ1) is 10.2. The predicted molar refractivity (Wildman–Crippen MR) is 57.6 cm³/mol. The van der Waals surface area contributed by atoms with E-state index in [0.29, 0.717) is 11.4 Å². The second kappa shape index (κ2) is 4.06. The molecule has 0 atom stereocenters. The van der Waals surface area contributed by atoms with Crippen LogP contribution < -0.4 is 10.6 Å². The van der Waals surface area contributed by atoms with Crippen molar-refractivity contribution in [3.8, 4) is 0 Å². The molecule has 2 N–H and O–H groups in total. The van der Waals surface area contributed by atoms with E-state index in [2.05, 4.69) is 10.6 Å². The van der Waals surface area contributed by atoms with Crippen LogP contribution in [0.4, 0.5) is 15.8 Å². The second-order valence-corrected chi connectivity index (χ2v) is 3.55. The van der Waals surface area contributed by atoms with Crippen LogP contribution in [0.1, 0.15) is 16.8 Å². The molecule has 0 aromatic heterocycles. The van der Waals surface area contributed by atoms with Crippen molar-refractivity contribution in [2.24, 2.45) is 0 Å². The van der Waals surface area contributed by atoms with Crippen molar-refractivity contribution in [2.75, 3.05) is 16.5 Å². The van der Waals surface area contributed by atoms with Gasteiger partial charge in [0.05, 0.1) is 16.9 Å². The molecule has 2 rings (SSSR count). The van der Waals surface area contributed by atoms with Gasteiger partial charge in [0.15, 0.2) is 5.78 Å². The highest BCUT2D eigenvalue weighted by molar-refractivity contribution is 6.19. The van der Waals surface area contributed by atoms with E-state index in [-0.39, 0.29) is 23.6 Å². The molecule has 0 fully saturated rings. The van der Waals surface area contributed by atoms with Crippen molar-refractivity contribution in [2.45, 2.75) is 6.42 Å². The molecule has 1 aliphatic heterocycles. The number of fused-ring (bicyclic) bond motifs is 1. The molecule has 0 amide bonds. The van der Waals surface area contributed by atoms with Crippen LogP contribution in [0.25, 0.3) is 0 Å². The Morgan fingerprint density at radius 3 is 2.67 bits per heavy atom. The lowest BCUT2D eigenvalue weighted by Crippen LogP contribution is -2.03. The SMILES string of the molecule is O=C(CCCl)c1cc2c(cc1F)N[CH]N2. The minimum absolute atomic E-state index is 0.0824. The molecule has 0 unspecified atom stereocenters. The molecule has 1 aliphatic rings. The Morgan fingerprint density at radius 2 is 2.00 bits per heavy atom. The minimum Gasteiger partial charge on any atom is -0.360 e. The number of halogens is 2. The largest absolute Gasteiger partial charge is 0.360 e. The van der Waals surface area contributed by atoms with E-state index in [1.54, 1.807) is 6.67 Å². The number of Topliss-reactive ketones (excluding diaryl/α,β-unsaturated/α-hetero) is 1. The molecule has 0 saturated heterocycles. The highest BCUT2D eigenvalue weighted by Gasteiger charge is 2.17. The van der Waals surface area contributed by atoms with Gasteiger partial charge in [-0.15, -0.1) is 11.6 Å². The highest BCUT2D eigenvalue weighted by atomic mass is 35.5. The lowest BCUT2D eigenvalue weighted by Gasteiger charge is -2.04. The van der Waals surface area contributed by atoms with Crippen LogP contribution in [0.5, 0.6) is 0 Å². The van der Waals surface area contributed by atoms with Gasteiger partial charge in [-0.2, -0.15) is 0 Å². The number of carbonyl (C=O) groups excluding carboxylic acids is 1. The summed E-state index contributed by atoms with van der Waals surface area (Å²) in [5.74, 6) is -0.597. The molecule has 1 aromatic rings. The van der Waals surface area contributed by atoms with Gasteiger partial charge in [-0.1, -0.05) is 0 Å². The minimum atomic E-state index is -0.520. The summed E-state index contributed by atoms with van der Waals surface area (Å²) >= 11 is 5.44. The molecule has 0 bridgehead atoms. The zero-order chi connectivity index (χ0) is 10.8. The number of carbonyl (C=O) groups is 1. The molecular formula is C10H9ClFN2O. The standard InChI is InChI=1S/C10H9ClFN2O/c11-2-1-10(15)6-3-8-9(4-7(6)12)14-5-13-8/h3-5,13-14H,1-2H2. The predicted octanol–water partition coefficient (Wildman–Crippen LogP) is 2.59. The van der Waals surface area contributed by atoms with Gasteiger partial charge < -0.3 is 10.6 Å². The van der Waals surface area contributed by atoms with Crippen molar-refractivity contribution in [3.63, 3.8) is 0 Å². The second-order valence-electron chi connectivity index (χ2n) is 3.17. The zero-order valence-electron chi connectivity index (χ0n) is 7.81. The maximum Gasteiger partial charge on any atom is 0.167 e. The third-order valence-electron chi connectivity index (χ3n) is 2.18. The van der Waals surface area contributed by atoms with Gasteiger partial charge in [0, 0.05) is 12.3 Å². The summed E-state index contributed by atoms with van der Waals surface area (Å²) < 4.78 is 13.5. The van der Waals surface area contributed by atoms with Gasteiger partial charge in [0.25, 0.3) is 0 Å². The number of nitrogens with one attached hydrogen (secondary N) is 2. The number of rotatable bonds is 3. The first-order valence-corrected chi connectivity index (χ1v) is 5.03. The van der Waals surface area contributed by atoms with Crippen LogP contribution in [-0.4, -0.2) is 11.7 Å². The van der Waals surface area contributed by atoms with Crippen LogP contribution in [-0.2, 0) is 0 Å². The molecule has 1 heterocycles. The number of benzene rings is 1. The molecule has 79 valence electrons. The van der Waals surface area contributed by atoms with E-state index in [4.69, 9.17) is 11.6 Å². The van der Waals surface area contributed by atoms with Crippen LogP contribution in [0, 0.1) is 12.5 Å². The van der Waals surface area contributed by atoms with Crippen LogP contribution in [0.2, 0.25) is 0 Å². The van der Waals surface area contributed by atoms with E-state index in [0.717, 1.165) is 0 Å². The van der Waals surface area contributed by atoms with Gasteiger partial charge in [-0.25, -0.2) is 4.39 Å². The fraction of sp³-hybridized carbons (Fsp3) is 0.200. The molecule has 3 nitrogen and oxygen atoms in total. The Labute approximate surface area is 91.6 Å². The molecule has 0 saturated carbocycles. The fourth-order valence-electron chi connectivity index (χ4n) is 1.44. The molecule has 15 heavy (non-hydrogen) atoms. The van der Waals surface area contributed by atoms with Gasteiger partial charge >= 0.3 is 0 Å². The molecule has 0 spiro atoms. The van der Waals surface area contributed by atoms with Crippen molar-refractivity contribution >= 4 is 28.8 Å². The molecule has 0 aliphatic carbocycles. The van der Waals surface area contributed by atoms with Crippen molar-refractivity contribution in [1.29, 1.82) is 0 Å². The third kappa shape index (κ3) is 1.90. The summed E-state index contributed by atoms with van der Waals surface area (Å²) in [5, 5.41) is 5.70. The number of alkyl halides is 1. The Morgan fingerprint density at radius 1 is 1.33 bits per heavy atom. The Hall–Kier alpha value is -1.29. The van der Waals surface area contributed by atoms with Crippen molar-refractivity contribution in [3.05, 3.63) is 30.2 Å². The van der Waals surface area contributed by atoms with Gasteiger partial charge in [0.1, 0.15) is 12.5 Å². The summed E-state index contributed by atoms with van der Waals surface area (Å²) in [5.41, 5.74) is 1.42. The molecular weight excluding hydrogens is 219 g/mol. The summed E-state index contributed by atoms with van der Waals surface area (Å²) in [6.45, 7) is 1.58. The quantitative estimate of drug-likeness (QED) is 0.616. The number of ketones is 1. The monoisotopic (exact) mass is 227 g/mol. The van der Waals surface area contributed by atoms with E-state index in [1.807, 2.05) is 0 Å². The third-order valence-corrected chi connectivity index (χ3v) is 2.37. The average molecular weight is 228 g/mol. The molecule has 1 radical (unpaired) electrons. The van der Waals surface area contributed by atoms with Crippen LogP contribution in [0.3, 0.4) is 0 Å². The Bertz CT molecular complexity index is 409. The van der Waals surface area contributed by atoms with Crippen molar-refractivity contribution < 1.29 is 9.18 Å². The van der Waals surface area contributed by atoms with E-state index in [9.17, 15) is 9.18 Å². The summed E-state index contributed by atoms with van der Waals surface area (Å²) in [6, 6.07) is 2.79. The fourth-order valence-corrected chi connectivity index (χ4v) is 1.61. The smallest absolute Gasteiger partial charge is 0.167 e. The summed E-state index contributed by atoms with van der Waals surface area (Å²) in [6.07, 6.45) is 0.147. The van der Waals surface area contributed by atoms with E-state index < -0.39 is 5.82 Å². The van der Waals surface area contributed by atoms with Gasteiger partial charge in [0.2, 0.25) is 0 Å². The maximum atomic E-state index is 13.5. The lowest BCUT2D eigenvalue weighted by molar-refractivity contribution is 0.0985. The normalized spacial score (nSPS) is 12.9. The zero-order valence-corrected chi connectivity index (χ0v) is 8.57. The number of anilines is 2. The van der Waals surface area contributed by atoms with Gasteiger partial charge in [-0.3, -0.25) is 4.79 Å². The molecule has 5 heteroatoms. The maximum absolute atomic E-state index is 13.5. The topological polar surface area (TPSA) is 41.1 Å². The average Bonchev–Trinajstić information content (AvgIpc) is 2.63. The summed E-state index contributed by atoms with van der Waals surface area (Å²) in [4.78, 5) is 11.5. The van der Waals surface area contributed by atoms with Crippen LogP contribution in [0.15, 0.2) is 12.1 Å². The Kier molecular flexibility index (Phi) is 2.77. The highest BCUT2D eigenvalue weighted by Crippen LogP contribution is 2.30. The number of hydrogen-bond acceptors (Lipinski definition) is 3. The van der Waals surface area contributed by atoms with Crippen LogP contribution >= 0.6 is 11.6 Å². The molecule has 1 aromatic carbocycles. The number of hydrogen-bond donors (Lipinski definition) is 2. The Balaban J connectivity index is 2.36. The lowest BCUT2D eigenvalue weighted by atomic mass is 10.1. The summed E-state index contributed by atoms with van der Waals surface area (Å²) in [7, 11) is 0. The first-order chi connectivity index (χ1) is 7.22. The van der Waals surface area contributed by atoms with E-state index >= 15 is 0 Å². The van der Waals surface area contributed by atoms with Crippen molar-refractivity contribution in [1.82, 2.24) is 0 Å².